The highest BCUT2D eigenvalue weighted by Crippen LogP contribution is 2.41. The SMILES string of the molecule is O=c1[nH]c(N2N=C(c3ccccc3)C[C@H]2c2ccc(Cl)cc2)c(N=Nc2ccc(F)cc2)s1. The topological polar surface area (TPSA) is 73.2 Å². The van der Waals surface area contributed by atoms with Gasteiger partial charge in [0.2, 0.25) is 0 Å². The lowest BCUT2D eigenvalue weighted by Crippen LogP contribution is -2.19. The van der Waals surface area contributed by atoms with Gasteiger partial charge in [-0.3, -0.25) is 9.78 Å². The highest BCUT2D eigenvalue weighted by atomic mass is 35.5. The fourth-order valence-electron chi connectivity index (χ4n) is 3.61. The lowest BCUT2D eigenvalue weighted by atomic mass is 9.98. The van der Waals surface area contributed by atoms with Crippen molar-refractivity contribution < 1.29 is 4.39 Å². The van der Waals surface area contributed by atoms with Crippen LogP contribution in [0.15, 0.2) is 99.0 Å². The zero-order chi connectivity index (χ0) is 22.8. The van der Waals surface area contributed by atoms with Crippen LogP contribution >= 0.6 is 22.9 Å². The molecule has 0 unspecified atom stereocenters. The number of benzene rings is 3. The molecule has 1 aliphatic rings. The van der Waals surface area contributed by atoms with E-state index in [0.29, 0.717) is 27.9 Å². The predicted molar refractivity (Wildman–Crippen MR) is 130 cm³/mol. The molecule has 1 atom stereocenters. The van der Waals surface area contributed by atoms with Crippen molar-refractivity contribution in [1.82, 2.24) is 4.98 Å². The molecule has 1 N–H and O–H groups in total. The third kappa shape index (κ3) is 4.62. The number of thiazole rings is 1. The summed E-state index contributed by atoms with van der Waals surface area (Å²) in [6, 6.07) is 23.0. The lowest BCUT2D eigenvalue weighted by molar-refractivity contribution is 0.628. The first kappa shape index (κ1) is 21.2. The normalized spacial score (nSPS) is 15.9. The van der Waals surface area contributed by atoms with E-state index in [4.69, 9.17) is 16.7 Å². The van der Waals surface area contributed by atoms with Crippen LogP contribution in [0.25, 0.3) is 0 Å². The molecule has 0 aliphatic carbocycles. The second-order valence-electron chi connectivity index (χ2n) is 7.37. The number of aromatic nitrogens is 1. The van der Waals surface area contributed by atoms with Crippen molar-refractivity contribution in [3.63, 3.8) is 0 Å². The summed E-state index contributed by atoms with van der Waals surface area (Å²) in [4.78, 5) is 14.9. The van der Waals surface area contributed by atoms with Crippen molar-refractivity contribution in [2.75, 3.05) is 5.01 Å². The molecule has 164 valence electrons. The van der Waals surface area contributed by atoms with Crippen molar-refractivity contribution in [1.29, 1.82) is 0 Å². The van der Waals surface area contributed by atoms with Crippen LogP contribution in [-0.4, -0.2) is 10.7 Å². The van der Waals surface area contributed by atoms with E-state index in [0.717, 1.165) is 28.2 Å². The van der Waals surface area contributed by atoms with E-state index in [1.807, 2.05) is 54.6 Å². The summed E-state index contributed by atoms with van der Waals surface area (Å²) in [5.41, 5.74) is 3.38. The summed E-state index contributed by atoms with van der Waals surface area (Å²) < 4.78 is 13.2. The Balaban J connectivity index is 1.55. The molecule has 0 fully saturated rings. The van der Waals surface area contributed by atoms with Gasteiger partial charge in [-0.2, -0.15) is 5.10 Å². The maximum Gasteiger partial charge on any atom is 0.308 e. The Kier molecular flexibility index (Phi) is 5.85. The molecule has 4 aromatic rings. The van der Waals surface area contributed by atoms with E-state index in [1.54, 1.807) is 5.01 Å². The molecule has 6 nitrogen and oxygen atoms in total. The van der Waals surface area contributed by atoms with E-state index >= 15 is 0 Å². The Morgan fingerprint density at radius 3 is 2.45 bits per heavy atom. The van der Waals surface area contributed by atoms with Crippen molar-refractivity contribution in [3.05, 3.63) is 110 Å². The van der Waals surface area contributed by atoms with Gasteiger partial charge in [-0.05, 0) is 47.5 Å². The third-order valence-electron chi connectivity index (χ3n) is 5.20. The minimum Gasteiger partial charge on any atom is -0.296 e. The lowest BCUT2D eigenvalue weighted by Gasteiger charge is -2.22. The number of halogens is 2. The van der Waals surface area contributed by atoms with Gasteiger partial charge in [0, 0.05) is 11.4 Å². The van der Waals surface area contributed by atoms with E-state index < -0.39 is 0 Å². The number of H-pyrrole nitrogens is 1. The molecule has 0 amide bonds. The number of hydrogen-bond donors (Lipinski definition) is 1. The van der Waals surface area contributed by atoms with Crippen molar-refractivity contribution in [3.8, 4) is 0 Å². The Labute approximate surface area is 197 Å². The minimum atomic E-state index is -0.355. The summed E-state index contributed by atoms with van der Waals surface area (Å²) in [5.74, 6) is 0.105. The molecule has 2 heterocycles. The van der Waals surface area contributed by atoms with Crippen LogP contribution in [0, 0.1) is 5.82 Å². The van der Waals surface area contributed by atoms with Crippen LogP contribution < -0.4 is 9.88 Å². The number of azo groups is 1. The van der Waals surface area contributed by atoms with Crippen LogP contribution in [0.3, 0.4) is 0 Å². The first-order valence-corrected chi connectivity index (χ1v) is 11.3. The van der Waals surface area contributed by atoms with Crippen LogP contribution in [0.4, 0.5) is 20.9 Å². The molecule has 0 bridgehead atoms. The van der Waals surface area contributed by atoms with Crippen LogP contribution in [-0.2, 0) is 0 Å². The van der Waals surface area contributed by atoms with Gasteiger partial charge in [0.15, 0.2) is 10.8 Å². The molecule has 33 heavy (non-hydrogen) atoms. The summed E-state index contributed by atoms with van der Waals surface area (Å²) in [5, 5.41) is 16.1. The fourth-order valence-corrected chi connectivity index (χ4v) is 4.38. The second kappa shape index (κ2) is 9.09. The minimum absolute atomic E-state index is 0.164. The fraction of sp³-hybridized carbons (Fsp3) is 0.0833. The monoisotopic (exact) mass is 477 g/mol. The molecular weight excluding hydrogens is 461 g/mol. The van der Waals surface area contributed by atoms with E-state index in [2.05, 4.69) is 15.2 Å². The molecule has 0 saturated carbocycles. The summed E-state index contributed by atoms with van der Waals surface area (Å²) >= 11 is 7.04. The first-order valence-electron chi connectivity index (χ1n) is 10.1. The summed E-state index contributed by atoms with van der Waals surface area (Å²) in [6.07, 6.45) is 0.637. The van der Waals surface area contributed by atoms with Crippen LogP contribution in [0.2, 0.25) is 5.02 Å². The summed E-state index contributed by atoms with van der Waals surface area (Å²) in [6.45, 7) is 0. The second-order valence-corrected chi connectivity index (χ2v) is 8.77. The third-order valence-corrected chi connectivity index (χ3v) is 6.20. The summed E-state index contributed by atoms with van der Waals surface area (Å²) in [7, 11) is 0. The van der Waals surface area contributed by atoms with Crippen molar-refractivity contribution in [2.45, 2.75) is 12.5 Å². The van der Waals surface area contributed by atoms with Crippen molar-refractivity contribution >= 4 is 45.2 Å². The van der Waals surface area contributed by atoms with Crippen molar-refractivity contribution in [2.24, 2.45) is 15.3 Å². The Morgan fingerprint density at radius 2 is 1.73 bits per heavy atom. The average Bonchev–Trinajstić information content (AvgIpc) is 3.43. The zero-order valence-electron chi connectivity index (χ0n) is 17.2. The first-order chi connectivity index (χ1) is 16.1. The molecule has 1 aliphatic heterocycles. The molecule has 1 aromatic heterocycles. The largest absolute Gasteiger partial charge is 0.308 e. The molecule has 0 radical (unpaired) electrons. The molecule has 0 saturated heterocycles. The molecule has 0 spiro atoms. The quantitative estimate of drug-likeness (QED) is 0.314. The van der Waals surface area contributed by atoms with Gasteiger partial charge in [0.1, 0.15) is 5.82 Å². The zero-order valence-corrected chi connectivity index (χ0v) is 18.7. The molecule has 5 rings (SSSR count). The number of aromatic amines is 1. The number of hydrazone groups is 1. The number of hydrogen-bond acceptors (Lipinski definition) is 6. The Hall–Kier alpha value is -3.62. The van der Waals surface area contributed by atoms with Gasteiger partial charge in [-0.25, -0.2) is 9.40 Å². The Morgan fingerprint density at radius 1 is 1.00 bits per heavy atom. The molecular formula is C24H17ClFN5OS. The van der Waals surface area contributed by atoms with Gasteiger partial charge >= 0.3 is 4.87 Å². The van der Waals surface area contributed by atoms with E-state index in [-0.39, 0.29) is 16.7 Å². The predicted octanol–water partition coefficient (Wildman–Crippen LogP) is 7.00. The standard InChI is InChI=1S/C24H17ClFN5OS/c25-17-8-6-16(7-9-17)21-14-20(15-4-2-1-3-5-15)30-31(21)22-23(33-24(32)27-22)29-28-19-12-10-18(26)11-13-19/h1-13,21H,14H2,(H,27,32)/t21-/m0/s1. The highest BCUT2D eigenvalue weighted by molar-refractivity contribution is 7.13. The number of nitrogens with one attached hydrogen (secondary N) is 1. The maximum atomic E-state index is 13.2. The van der Waals surface area contributed by atoms with Gasteiger partial charge in [0.05, 0.1) is 17.4 Å². The number of anilines is 1. The van der Waals surface area contributed by atoms with Gasteiger partial charge in [-0.15, -0.1) is 10.2 Å². The molecule has 3 aromatic carbocycles. The Bertz CT molecular complexity index is 1380. The number of nitrogens with zero attached hydrogens (tertiary/aromatic N) is 4. The smallest absolute Gasteiger partial charge is 0.296 e. The average molecular weight is 478 g/mol. The highest BCUT2D eigenvalue weighted by Gasteiger charge is 2.32. The number of rotatable bonds is 5. The van der Waals surface area contributed by atoms with Gasteiger partial charge < -0.3 is 0 Å². The van der Waals surface area contributed by atoms with Crippen LogP contribution in [0.1, 0.15) is 23.6 Å². The van der Waals surface area contributed by atoms with Gasteiger partial charge in [-0.1, -0.05) is 65.4 Å². The van der Waals surface area contributed by atoms with Gasteiger partial charge in [0.25, 0.3) is 0 Å². The maximum absolute atomic E-state index is 13.2. The van der Waals surface area contributed by atoms with E-state index in [9.17, 15) is 9.18 Å². The van der Waals surface area contributed by atoms with Crippen LogP contribution in [0.5, 0.6) is 0 Å². The molecule has 9 heteroatoms. The van der Waals surface area contributed by atoms with E-state index in [1.165, 1.54) is 24.3 Å².